The Balaban J connectivity index is 0. The maximum atomic E-state index is 8.81. The molecule has 0 rings (SSSR count). The number of carbonyl (C=O) groups is 1. The lowest BCUT2D eigenvalue weighted by atomic mass is 11.0. The third-order valence-corrected chi connectivity index (χ3v) is 10.1. The summed E-state index contributed by atoms with van der Waals surface area (Å²) < 4.78 is 0. The smallest absolute Gasteiger partial charge is 0.116 e. The Morgan fingerprint density at radius 1 is 1.60 bits per heavy atom. The molecule has 0 aliphatic rings. The van der Waals surface area contributed by atoms with Crippen LogP contribution < -0.4 is 0 Å². The highest BCUT2D eigenvalue weighted by atomic mass is 33.3. The molecule has 0 radical (unpaired) electrons. The van der Waals surface area contributed by atoms with Crippen LogP contribution in [0.15, 0.2) is 0 Å². The first-order valence-electron chi connectivity index (χ1n) is 1.88. The number of carbonyl (C=O) groups excluding carboxylic acids is 1. The zero-order chi connectivity index (χ0) is 8.24. The largest absolute Gasteiger partial charge is 0.304 e. The van der Waals surface area contributed by atoms with Gasteiger partial charge in [-0.3, -0.25) is 0 Å². The van der Waals surface area contributed by atoms with Gasteiger partial charge in [-0.15, -0.1) is 0 Å². The second-order valence-electron chi connectivity index (χ2n) is 0.610. The van der Waals surface area contributed by atoms with E-state index in [1.807, 2.05) is 0 Å². The Morgan fingerprint density at radius 3 is 2.40 bits per heavy atom. The van der Waals surface area contributed by atoms with Gasteiger partial charge in [-0.1, -0.05) is 0 Å². The second kappa shape index (κ2) is 16.8. The van der Waals surface area contributed by atoms with Gasteiger partial charge in [0.1, 0.15) is 6.29 Å². The zero-order valence-corrected chi connectivity index (χ0v) is 10.8. The van der Waals surface area contributed by atoms with Gasteiger partial charge >= 0.3 is 0 Å². The molecule has 10 heavy (non-hydrogen) atoms. The van der Waals surface area contributed by atoms with E-state index in [2.05, 4.69) is 23.0 Å². The maximum absolute atomic E-state index is 8.81. The van der Waals surface area contributed by atoms with E-state index >= 15 is 0 Å². The molecule has 0 spiro atoms. The minimum atomic E-state index is 0.750. The molecule has 0 saturated carbocycles. The third-order valence-electron chi connectivity index (χ3n) is 0.125. The molecule has 1 nitrogen and oxygen atoms in total. The van der Waals surface area contributed by atoms with Crippen LogP contribution in [-0.4, -0.2) is 6.29 Å². The average molecular weight is 266 g/mol. The summed E-state index contributed by atoms with van der Waals surface area (Å²) in [6, 6.07) is 0. The fourth-order valence-electron chi connectivity index (χ4n) is 0.0396. The van der Waals surface area contributed by atoms with E-state index in [-0.39, 0.29) is 0 Å². The Labute approximate surface area is 81.8 Å². The molecule has 0 atom stereocenters. The van der Waals surface area contributed by atoms with E-state index in [0.717, 1.165) is 13.3 Å². The van der Waals surface area contributed by atoms with Crippen molar-refractivity contribution in [3.63, 3.8) is 0 Å². The summed E-state index contributed by atoms with van der Waals surface area (Å²) in [5.74, 6) is 0. The van der Waals surface area contributed by atoms with Crippen molar-refractivity contribution in [3.05, 3.63) is 0 Å². The van der Waals surface area contributed by atoms with Crippen molar-refractivity contribution in [2.24, 2.45) is 0 Å². The summed E-state index contributed by atoms with van der Waals surface area (Å²) >= 11 is 9.23. The van der Waals surface area contributed by atoms with Crippen LogP contribution in [-0.2, 0) is 55.0 Å². The third kappa shape index (κ3) is 22.8. The van der Waals surface area contributed by atoms with Crippen molar-refractivity contribution in [2.45, 2.75) is 6.92 Å². The topological polar surface area (TPSA) is 17.1 Å². The zero-order valence-electron chi connectivity index (χ0n) is 4.92. The molecule has 0 fully saturated rings. The lowest BCUT2D eigenvalue weighted by Crippen LogP contribution is -1.36. The molecule has 58 valence electrons. The summed E-state index contributed by atoms with van der Waals surface area (Å²) in [4.78, 5) is 8.81. The first-order valence-corrected chi connectivity index (χ1v) is 10.4. The molecule has 0 aromatic heterocycles. The summed E-state index contributed by atoms with van der Waals surface area (Å²) in [5, 5.41) is 0. The molecule has 0 aliphatic carbocycles. The fourth-order valence-corrected chi connectivity index (χ4v) is 9.63. The number of rotatable bonds is 1. The van der Waals surface area contributed by atoms with E-state index in [9.17, 15) is 0 Å². The van der Waals surface area contributed by atoms with E-state index in [1.54, 1.807) is 18.4 Å². The lowest BCUT2D eigenvalue weighted by Gasteiger charge is -1.43. The quantitative estimate of drug-likeness (QED) is 0.533. The van der Waals surface area contributed by atoms with E-state index in [0.29, 0.717) is 0 Å². The van der Waals surface area contributed by atoms with Crippen molar-refractivity contribution in [1.29, 1.82) is 0 Å². The maximum Gasteiger partial charge on any atom is 0.116 e. The highest BCUT2D eigenvalue weighted by Crippen LogP contribution is 2.12. The Kier molecular flexibility index (Phi) is 23.3. The van der Waals surface area contributed by atoms with Gasteiger partial charge in [0.05, 0.1) is 0 Å². The standard InChI is InChI=1S/C2H4O.P2S5/c1-2-3;3-1-2-5-7-6-4/h2H,1H3;. The van der Waals surface area contributed by atoms with Crippen LogP contribution in [0, 0.1) is 0 Å². The summed E-state index contributed by atoms with van der Waals surface area (Å²) in [6.45, 7) is 1.44. The molecule has 8 heteroatoms. The van der Waals surface area contributed by atoms with Gasteiger partial charge in [0.2, 0.25) is 0 Å². The van der Waals surface area contributed by atoms with Gasteiger partial charge in [0.15, 0.2) is 0 Å². The molecule has 0 bridgehead atoms. The summed E-state index contributed by atoms with van der Waals surface area (Å²) in [7, 11) is 6.83. The second-order valence-corrected chi connectivity index (χ2v) is 10.3. The highest BCUT2D eigenvalue weighted by molar-refractivity contribution is 8.63. The van der Waals surface area contributed by atoms with Crippen LogP contribution in [0.3, 0.4) is 0 Å². The van der Waals surface area contributed by atoms with Crippen LogP contribution in [0.2, 0.25) is 0 Å². The predicted molar refractivity (Wildman–Crippen MR) is 62.4 cm³/mol. The summed E-state index contributed by atoms with van der Waals surface area (Å²) in [6.07, 6.45) is 0.750. The van der Waals surface area contributed by atoms with Crippen LogP contribution >= 0.6 is 14.1 Å². The van der Waals surface area contributed by atoms with Gasteiger partial charge in [-0.05, 0) is 57.2 Å². The molecule has 0 aliphatic heterocycles. The van der Waals surface area contributed by atoms with Gasteiger partial charge in [-0.25, -0.2) is 0 Å². The predicted octanol–water partition coefficient (Wildman–Crippen LogP) is 1.92. The van der Waals surface area contributed by atoms with Gasteiger partial charge in [0, 0.05) is 14.1 Å². The van der Waals surface area contributed by atoms with Crippen LogP contribution in [0.4, 0.5) is 0 Å². The average Bonchev–Trinajstić information content (AvgIpc) is 1.91. The molecule has 0 heterocycles. The van der Waals surface area contributed by atoms with Crippen molar-refractivity contribution >= 4 is 70.6 Å². The Hall–Kier alpha value is 1.37. The van der Waals surface area contributed by atoms with Crippen molar-refractivity contribution in [3.8, 4) is 0 Å². The Morgan fingerprint density at radius 2 is 2.10 bits per heavy atom. The van der Waals surface area contributed by atoms with Crippen molar-refractivity contribution in [1.82, 2.24) is 0 Å². The molecule has 0 N–H and O–H groups in total. The number of hydrogen-bond donors (Lipinski definition) is 0. The van der Waals surface area contributed by atoms with Gasteiger partial charge in [0.25, 0.3) is 0 Å². The monoisotopic (exact) mass is 266 g/mol. The van der Waals surface area contributed by atoms with Gasteiger partial charge in [-0.2, -0.15) is 0 Å². The molecular formula is C2H4OP2S5. The number of aldehydes is 1. The van der Waals surface area contributed by atoms with E-state index in [1.165, 1.54) is 22.8 Å². The first-order chi connectivity index (χ1) is 4.83. The highest BCUT2D eigenvalue weighted by Gasteiger charge is 1.47. The molecular weight excluding hydrogens is 262 g/mol. The molecule has 0 aromatic carbocycles. The molecule has 0 unspecified atom stereocenters. The summed E-state index contributed by atoms with van der Waals surface area (Å²) in [5.41, 5.74) is 0. The van der Waals surface area contributed by atoms with Crippen molar-refractivity contribution in [2.75, 3.05) is 0 Å². The molecule has 0 amide bonds. The fraction of sp³-hybridized carbons (Fsp3) is 0.500. The SMILES string of the molecule is CC=O.S=PP=S=S=S=S. The van der Waals surface area contributed by atoms with E-state index in [4.69, 9.17) is 4.79 Å². The van der Waals surface area contributed by atoms with Crippen LogP contribution in [0.1, 0.15) is 6.92 Å². The van der Waals surface area contributed by atoms with Crippen LogP contribution in [0.5, 0.6) is 0 Å². The Bertz CT molecular complexity index is 208. The van der Waals surface area contributed by atoms with Crippen molar-refractivity contribution < 1.29 is 4.79 Å². The van der Waals surface area contributed by atoms with Crippen LogP contribution in [0.25, 0.3) is 0 Å². The normalized spacial score (nSPS) is 7.30. The van der Waals surface area contributed by atoms with Gasteiger partial charge < -0.3 is 4.79 Å². The van der Waals surface area contributed by atoms with E-state index < -0.39 is 0 Å². The number of hydrogen-bond acceptors (Lipinski definition) is 3. The first kappa shape index (κ1) is 13.9. The minimum absolute atomic E-state index is 0.750. The molecule has 0 saturated heterocycles. The lowest BCUT2D eigenvalue weighted by molar-refractivity contribution is -0.106. The molecule has 0 aromatic rings. The minimum Gasteiger partial charge on any atom is -0.304 e.